The Morgan fingerprint density at radius 2 is 1.79 bits per heavy atom. The van der Waals surface area contributed by atoms with E-state index in [1.54, 1.807) is 0 Å². The Balaban J connectivity index is 3.22. The van der Waals surface area contributed by atoms with E-state index in [2.05, 4.69) is 5.32 Å². The van der Waals surface area contributed by atoms with Gasteiger partial charge >= 0.3 is 0 Å². The Labute approximate surface area is 87.1 Å². The van der Waals surface area contributed by atoms with Crippen molar-refractivity contribution >= 4 is 28.0 Å². The molecule has 0 aliphatic rings. The number of carbonyl (C=O) groups is 2. The van der Waals surface area contributed by atoms with Gasteiger partial charge in [0, 0.05) is 11.8 Å². The molecule has 0 unspecified atom stereocenters. The van der Waals surface area contributed by atoms with E-state index in [-0.39, 0.29) is 11.7 Å². The average Bonchev–Trinajstić information content (AvgIpc) is 2.26. The Morgan fingerprint density at radius 3 is 2.21 bits per heavy atom. The van der Waals surface area contributed by atoms with Crippen molar-refractivity contribution in [3.8, 4) is 0 Å². The molecule has 0 bridgehead atoms. The number of hydrogen-bond donors (Lipinski definition) is 1. The molecule has 1 heterocycles. The monoisotopic (exact) mass is 211 g/mol. The highest BCUT2D eigenvalue weighted by atomic mass is 32.1. The normalized spacial score (nSPS) is 10.0. The van der Waals surface area contributed by atoms with Gasteiger partial charge in [-0.3, -0.25) is 9.59 Å². The first-order valence-electron chi connectivity index (χ1n) is 4.32. The lowest BCUT2D eigenvalue weighted by atomic mass is 10.1. The second kappa shape index (κ2) is 3.92. The van der Waals surface area contributed by atoms with Crippen molar-refractivity contribution in [2.45, 2.75) is 27.7 Å². The molecule has 0 fully saturated rings. The minimum Gasteiger partial charge on any atom is -0.317 e. The van der Waals surface area contributed by atoms with Gasteiger partial charge < -0.3 is 5.32 Å². The number of carbonyl (C=O) groups excluding carboxylic acids is 2. The summed E-state index contributed by atoms with van der Waals surface area (Å²) in [5.41, 5.74) is 1.61. The molecule has 1 N–H and O–H groups in total. The van der Waals surface area contributed by atoms with Crippen LogP contribution in [-0.4, -0.2) is 11.7 Å². The first kappa shape index (κ1) is 10.9. The molecule has 3 nitrogen and oxygen atoms in total. The van der Waals surface area contributed by atoms with Crippen LogP contribution >= 0.6 is 11.3 Å². The summed E-state index contributed by atoms with van der Waals surface area (Å²) in [6.45, 7) is 6.79. The fourth-order valence-corrected chi connectivity index (χ4v) is 2.45. The summed E-state index contributed by atoms with van der Waals surface area (Å²) in [5, 5.41) is 3.34. The topological polar surface area (TPSA) is 46.2 Å². The van der Waals surface area contributed by atoms with Gasteiger partial charge in [0.05, 0.1) is 5.56 Å². The quantitative estimate of drug-likeness (QED) is 0.764. The molecule has 0 spiro atoms. The number of thiophene rings is 1. The van der Waals surface area contributed by atoms with Gasteiger partial charge in [-0.1, -0.05) is 0 Å². The van der Waals surface area contributed by atoms with E-state index in [9.17, 15) is 9.59 Å². The van der Waals surface area contributed by atoms with Gasteiger partial charge in [-0.05, 0) is 26.3 Å². The van der Waals surface area contributed by atoms with E-state index in [1.165, 1.54) is 25.2 Å². The van der Waals surface area contributed by atoms with Crippen molar-refractivity contribution in [1.29, 1.82) is 0 Å². The molecule has 0 aliphatic heterocycles. The van der Waals surface area contributed by atoms with Gasteiger partial charge in [0.1, 0.15) is 5.00 Å². The lowest BCUT2D eigenvalue weighted by Gasteiger charge is -2.01. The number of nitrogens with one attached hydrogen (secondary N) is 1. The van der Waals surface area contributed by atoms with Gasteiger partial charge in [-0.2, -0.15) is 0 Å². The Bertz CT molecular complexity index is 393. The number of Topliss-reactive ketones (excluding diaryl/α,β-unsaturated/α-hetero) is 1. The van der Waals surface area contributed by atoms with Crippen molar-refractivity contribution in [3.05, 3.63) is 16.0 Å². The van der Waals surface area contributed by atoms with E-state index in [4.69, 9.17) is 0 Å². The summed E-state index contributed by atoms with van der Waals surface area (Å²) >= 11 is 1.44. The third-order valence-corrected chi connectivity index (χ3v) is 3.15. The summed E-state index contributed by atoms with van der Waals surface area (Å²) in [7, 11) is 0. The standard InChI is InChI=1S/C10H13NO2S/c1-5-7(3)14-10(11-8(4)13)9(5)6(2)12/h1-4H3,(H,11,13). The molecule has 14 heavy (non-hydrogen) atoms. The van der Waals surface area contributed by atoms with Crippen LogP contribution in [0.5, 0.6) is 0 Å². The summed E-state index contributed by atoms with van der Waals surface area (Å²) in [5.74, 6) is -0.149. The van der Waals surface area contributed by atoms with Gasteiger partial charge in [-0.25, -0.2) is 0 Å². The predicted molar refractivity (Wildman–Crippen MR) is 58.1 cm³/mol. The van der Waals surface area contributed by atoms with E-state index < -0.39 is 0 Å². The minimum absolute atomic E-state index is 0.00407. The number of anilines is 1. The number of ketones is 1. The zero-order chi connectivity index (χ0) is 10.9. The molecule has 1 aromatic rings. The molecular weight excluding hydrogens is 198 g/mol. The number of aryl methyl sites for hydroxylation is 1. The minimum atomic E-state index is -0.145. The largest absolute Gasteiger partial charge is 0.317 e. The Morgan fingerprint density at radius 1 is 1.21 bits per heavy atom. The molecule has 76 valence electrons. The maximum absolute atomic E-state index is 11.3. The molecular formula is C10H13NO2S. The maximum atomic E-state index is 11.3. The zero-order valence-electron chi connectivity index (χ0n) is 8.72. The van der Waals surface area contributed by atoms with Crippen molar-refractivity contribution in [2.24, 2.45) is 0 Å². The lowest BCUT2D eigenvalue weighted by molar-refractivity contribution is -0.114. The van der Waals surface area contributed by atoms with Crippen LogP contribution in [0.2, 0.25) is 0 Å². The highest BCUT2D eigenvalue weighted by Gasteiger charge is 2.16. The summed E-state index contributed by atoms with van der Waals surface area (Å²) in [6, 6.07) is 0. The van der Waals surface area contributed by atoms with Crippen molar-refractivity contribution in [2.75, 3.05) is 5.32 Å². The van der Waals surface area contributed by atoms with Crippen molar-refractivity contribution in [1.82, 2.24) is 0 Å². The Kier molecular flexibility index (Phi) is 3.06. The summed E-state index contributed by atoms with van der Waals surface area (Å²) in [6.07, 6.45) is 0. The number of rotatable bonds is 2. The fraction of sp³-hybridized carbons (Fsp3) is 0.400. The van der Waals surface area contributed by atoms with Crippen LogP contribution < -0.4 is 5.32 Å². The molecule has 1 amide bonds. The van der Waals surface area contributed by atoms with Gasteiger partial charge in [0.25, 0.3) is 0 Å². The van der Waals surface area contributed by atoms with Crippen LogP contribution in [0, 0.1) is 13.8 Å². The van der Waals surface area contributed by atoms with Crippen LogP contribution in [0.25, 0.3) is 0 Å². The molecule has 0 aliphatic carbocycles. The fourth-order valence-electron chi connectivity index (χ4n) is 1.30. The van der Waals surface area contributed by atoms with E-state index in [1.807, 2.05) is 13.8 Å². The highest BCUT2D eigenvalue weighted by Crippen LogP contribution is 2.32. The molecule has 0 atom stereocenters. The number of amides is 1. The molecule has 0 radical (unpaired) electrons. The molecule has 4 heteroatoms. The highest BCUT2D eigenvalue weighted by molar-refractivity contribution is 7.16. The van der Waals surface area contributed by atoms with Crippen LogP contribution in [0.3, 0.4) is 0 Å². The van der Waals surface area contributed by atoms with E-state index in [0.29, 0.717) is 10.6 Å². The smallest absolute Gasteiger partial charge is 0.221 e. The molecule has 0 aromatic carbocycles. The van der Waals surface area contributed by atoms with E-state index >= 15 is 0 Å². The van der Waals surface area contributed by atoms with Crippen LogP contribution in [0.15, 0.2) is 0 Å². The van der Waals surface area contributed by atoms with Gasteiger partial charge in [-0.15, -0.1) is 11.3 Å². The second-order valence-corrected chi connectivity index (χ2v) is 4.45. The first-order valence-corrected chi connectivity index (χ1v) is 5.13. The van der Waals surface area contributed by atoms with E-state index in [0.717, 1.165) is 10.4 Å². The maximum Gasteiger partial charge on any atom is 0.221 e. The van der Waals surface area contributed by atoms with Crippen LogP contribution in [0.4, 0.5) is 5.00 Å². The lowest BCUT2D eigenvalue weighted by Crippen LogP contribution is -2.07. The Hall–Kier alpha value is -1.16. The van der Waals surface area contributed by atoms with Gasteiger partial charge in [0.2, 0.25) is 5.91 Å². The third kappa shape index (κ3) is 2.01. The molecule has 1 rings (SSSR count). The van der Waals surface area contributed by atoms with Gasteiger partial charge in [0.15, 0.2) is 5.78 Å². The van der Waals surface area contributed by atoms with Crippen LogP contribution in [-0.2, 0) is 4.79 Å². The van der Waals surface area contributed by atoms with Crippen molar-refractivity contribution in [3.63, 3.8) is 0 Å². The van der Waals surface area contributed by atoms with Crippen molar-refractivity contribution < 1.29 is 9.59 Å². The zero-order valence-corrected chi connectivity index (χ0v) is 9.54. The number of hydrogen-bond acceptors (Lipinski definition) is 3. The summed E-state index contributed by atoms with van der Waals surface area (Å²) in [4.78, 5) is 23.3. The molecule has 0 saturated carbocycles. The predicted octanol–water partition coefficient (Wildman–Crippen LogP) is 2.53. The SMILES string of the molecule is CC(=O)Nc1sc(C)c(C)c1C(C)=O. The molecule has 1 aromatic heterocycles. The summed E-state index contributed by atoms with van der Waals surface area (Å²) < 4.78 is 0. The second-order valence-electron chi connectivity index (χ2n) is 3.22. The average molecular weight is 211 g/mol. The first-order chi connectivity index (χ1) is 6.43. The van der Waals surface area contributed by atoms with Crippen LogP contribution in [0.1, 0.15) is 34.6 Å². The molecule has 0 saturated heterocycles. The third-order valence-electron chi connectivity index (χ3n) is 2.03.